The van der Waals surface area contributed by atoms with E-state index < -0.39 is 0 Å². The molecular formula is C44H34ClIS2. The Hall–Kier alpha value is -3.74. The van der Waals surface area contributed by atoms with E-state index in [1.807, 2.05) is 36.0 Å². The lowest BCUT2D eigenvalue weighted by atomic mass is 9.93. The summed E-state index contributed by atoms with van der Waals surface area (Å²) in [6.45, 7) is 0. The van der Waals surface area contributed by atoms with Crippen molar-refractivity contribution in [1.82, 2.24) is 0 Å². The van der Waals surface area contributed by atoms with Crippen LogP contribution in [0, 0.1) is 0 Å². The molecule has 4 aromatic rings. The highest BCUT2D eigenvalue weighted by atomic mass is 127. The topological polar surface area (TPSA) is 0 Å². The monoisotopic (exact) mass is 788 g/mol. The lowest BCUT2D eigenvalue weighted by molar-refractivity contribution is 0.792. The Balaban J connectivity index is 1.32. The molecule has 0 radical (unpaired) electrons. The molecule has 0 N–H and O–H groups in total. The smallest absolute Gasteiger partial charge is 0.0469 e. The summed E-state index contributed by atoms with van der Waals surface area (Å²) in [4.78, 5) is 3.28. The number of allylic oxidation sites excluding steroid dienone is 13. The van der Waals surface area contributed by atoms with Crippen molar-refractivity contribution >= 4 is 76.4 Å². The standard InChI is InChI=1S/C44H34ClIS2/c45-44-38(26-24-32(28-40(46)34-14-5-1-6-15-34)29-41(47)35-16-7-2-8-17-35)22-13-23-39(44)27-25-33-30-42(36-18-9-3-10-19-36)48-43(31-33)37-20-11-4-12-21-37/h1-12,14-21,24-31H,13,22-23H2/b26-24+,32-29-,39-27+,40-28-. The van der Waals surface area contributed by atoms with Crippen molar-refractivity contribution in [1.29, 1.82) is 0 Å². The molecule has 0 amide bonds. The molecule has 1 heterocycles. The Labute approximate surface area is 312 Å². The minimum atomic E-state index is 0.802. The molecule has 4 aromatic carbocycles. The summed E-state index contributed by atoms with van der Waals surface area (Å²) in [7, 11) is 0. The van der Waals surface area contributed by atoms with Crippen molar-refractivity contribution in [2.24, 2.45) is 0 Å². The number of hydrogen-bond acceptors (Lipinski definition) is 2. The number of thioether (sulfide) groups is 1. The van der Waals surface area contributed by atoms with E-state index in [1.165, 1.54) is 26.5 Å². The van der Waals surface area contributed by atoms with Crippen LogP contribution in [0.2, 0.25) is 0 Å². The van der Waals surface area contributed by atoms with Gasteiger partial charge in [-0.2, -0.15) is 0 Å². The highest BCUT2D eigenvalue weighted by Crippen LogP contribution is 2.44. The largest absolute Gasteiger partial charge is 0.0888 e. The van der Waals surface area contributed by atoms with Gasteiger partial charge >= 0.3 is 0 Å². The highest BCUT2D eigenvalue weighted by Gasteiger charge is 2.16. The third-order valence-corrected chi connectivity index (χ3v) is 11.0. The summed E-state index contributed by atoms with van der Waals surface area (Å²) in [6.07, 6.45) is 20.5. The van der Waals surface area contributed by atoms with Crippen LogP contribution in [0.3, 0.4) is 0 Å². The minimum Gasteiger partial charge on any atom is -0.0888 e. The molecule has 0 atom stereocenters. The molecular weight excluding hydrogens is 755 g/mol. The van der Waals surface area contributed by atoms with Crippen LogP contribution in [-0.4, -0.2) is 4.86 Å². The molecule has 236 valence electrons. The van der Waals surface area contributed by atoms with E-state index in [9.17, 15) is 0 Å². The van der Waals surface area contributed by atoms with Crippen LogP contribution in [0.25, 0.3) is 13.4 Å². The van der Waals surface area contributed by atoms with E-state index in [2.05, 4.69) is 168 Å². The second-order valence-electron chi connectivity index (χ2n) is 11.5. The van der Waals surface area contributed by atoms with Crippen LogP contribution < -0.4 is 0 Å². The molecule has 2 aliphatic rings. The molecule has 0 aromatic heterocycles. The zero-order valence-corrected chi connectivity index (χ0v) is 30.9. The summed E-state index contributed by atoms with van der Waals surface area (Å²) in [5.74, 6) is 0. The van der Waals surface area contributed by atoms with Crippen LogP contribution in [0.5, 0.6) is 0 Å². The molecule has 0 bridgehead atoms. The van der Waals surface area contributed by atoms with Crippen molar-refractivity contribution in [3.05, 3.63) is 220 Å². The SMILES string of the molecule is S=C(/C=C(\C=C(/I)c1ccccc1)/C=C/C1=C(Cl)C(=C/C=C2C=C(c3ccccc3)SC(c3ccccc3)=C2)/CCC1)c1ccccc1. The second kappa shape index (κ2) is 17.1. The number of benzene rings is 4. The summed E-state index contributed by atoms with van der Waals surface area (Å²) in [5, 5.41) is 0.839. The van der Waals surface area contributed by atoms with Gasteiger partial charge in [0, 0.05) is 23.3 Å². The Bertz CT molecular complexity index is 1950. The maximum absolute atomic E-state index is 7.14. The first kappa shape index (κ1) is 34.1. The predicted molar refractivity (Wildman–Crippen MR) is 223 cm³/mol. The Kier molecular flexibility index (Phi) is 12.1. The summed E-state index contributed by atoms with van der Waals surface area (Å²) < 4.78 is 1.15. The van der Waals surface area contributed by atoms with E-state index in [0.717, 1.165) is 60.6 Å². The van der Waals surface area contributed by atoms with Crippen LogP contribution in [0.4, 0.5) is 0 Å². The minimum absolute atomic E-state index is 0.802. The van der Waals surface area contributed by atoms with Gasteiger partial charge in [0.15, 0.2) is 0 Å². The number of hydrogen-bond donors (Lipinski definition) is 0. The molecule has 0 unspecified atom stereocenters. The van der Waals surface area contributed by atoms with Gasteiger partial charge in [-0.15, -0.1) is 0 Å². The quantitative estimate of drug-likeness (QED) is 0.0545. The van der Waals surface area contributed by atoms with E-state index >= 15 is 0 Å². The molecule has 0 nitrogen and oxygen atoms in total. The Morgan fingerprint density at radius 3 is 1.79 bits per heavy atom. The van der Waals surface area contributed by atoms with Crippen LogP contribution >= 0.6 is 58.2 Å². The van der Waals surface area contributed by atoms with Gasteiger partial charge in [-0.25, -0.2) is 0 Å². The van der Waals surface area contributed by atoms with Gasteiger partial charge in [0.05, 0.1) is 0 Å². The molecule has 6 rings (SSSR count). The van der Waals surface area contributed by atoms with E-state index in [-0.39, 0.29) is 0 Å². The lowest BCUT2D eigenvalue weighted by Gasteiger charge is -2.18. The first-order valence-electron chi connectivity index (χ1n) is 16.0. The number of halogens is 2. The average Bonchev–Trinajstić information content (AvgIpc) is 3.15. The highest BCUT2D eigenvalue weighted by molar-refractivity contribution is 14.1. The van der Waals surface area contributed by atoms with Gasteiger partial charge in [0.1, 0.15) is 0 Å². The van der Waals surface area contributed by atoms with Crippen molar-refractivity contribution in [2.75, 3.05) is 0 Å². The molecule has 0 spiro atoms. The van der Waals surface area contributed by atoms with Gasteiger partial charge in [-0.3, -0.25) is 0 Å². The first-order valence-corrected chi connectivity index (χ1v) is 18.7. The van der Waals surface area contributed by atoms with Gasteiger partial charge in [-0.05, 0) is 111 Å². The summed E-state index contributed by atoms with van der Waals surface area (Å²) >= 11 is 17.2. The van der Waals surface area contributed by atoms with Crippen LogP contribution in [0.1, 0.15) is 41.5 Å². The fourth-order valence-electron chi connectivity index (χ4n) is 5.51. The van der Waals surface area contributed by atoms with Gasteiger partial charge in [0.2, 0.25) is 0 Å². The second-order valence-corrected chi connectivity index (χ2v) is 14.5. The van der Waals surface area contributed by atoms with E-state index in [0.29, 0.717) is 0 Å². The van der Waals surface area contributed by atoms with Gasteiger partial charge in [-0.1, -0.05) is 181 Å². The molecule has 0 fully saturated rings. The molecule has 4 heteroatoms. The normalized spacial score (nSPS) is 16.6. The molecule has 1 aliphatic heterocycles. The molecule has 0 saturated carbocycles. The van der Waals surface area contributed by atoms with E-state index in [1.54, 1.807) is 0 Å². The average molecular weight is 789 g/mol. The molecule has 1 aliphatic carbocycles. The Morgan fingerprint density at radius 1 is 0.667 bits per heavy atom. The number of rotatable bonds is 9. The van der Waals surface area contributed by atoms with Crippen molar-refractivity contribution in [3.8, 4) is 0 Å². The zero-order valence-electron chi connectivity index (χ0n) is 26.4. The molecule has 0 saturated heterocycles. The fraction of sp³-hybridized carbons (Fsp3) is 0.0682. The van der Waals surface area contributed by atoms with Gasteiger partial charge in [0.25, 0.3) is 0 Å². The van der Waals surface area contributed by atoms with Gasteiger partial charge < -0.3 is 0 Å². The zero-order chi connectivity index (χ0) is 33.1. The Morgan fingerprint density at radius 2 is 1.21 bits per heavy atom. The first-order chi connectivity index (χ1) is 23.5. The lowest BCUT2D eigenvalue weighted by Crippen LogP contribution is -1.98. The van der Waals surface area contributed by atoms with Crippen LogP contribution in [-0.2, 0) is 0 Å². The number of thiocarbonyl (C=S) groups is 1. The maximum atomic E-state index is 7.14. The van der Waals surface area contributed by atoms with Crippen molar-refractivity contribution in [2.45, 2.75) is 19.3 Å². The van der Waals surface area contributed by atoms with E-state index in [4.69, 9.17) is 23.8 Å². The predicted octanol–water partition coefficient (Wildman–Crippen LogP) is 13.7. The van der Waals surface area contributed by atoms with Crippen molar-refractivity contribution < 1.29 is 0 Å². The summed E-state index contributed by atoms with van der Waals surface area (Å²) in [5.41, 5.74) is 9.14. The summed E-state index contributed by atoms with van der Waals surface area (Å²) in [6, 6.07) is 41.8. The third-order valence-electron chi connectivity index (χ3n) is 8.04. The fourth-order valence-corrected chi connectivity index (χ4v) is 7.95. The third kappa shape index (κ3) is 9.24. The van der Waals surface area contributed by atoms with Crippen molar-refractivity contribution in [3.63, 3.8) is 0 Å². The molecule has 48 heavy (non-hydrogen) atoms. The maximum Gasteiger partial charge on any atom is 0.0469 e. The van der Waals surface area contributed by atoms with Crippen LogP contribution in [0.15, 0.2) is 197 Å².